The first-order valence-corrected chi connectivity index (χ1v) is 8.38. The third kappa shape index (κ3) is 2.67. The molecule has 7 nitrogen and oxygen atoms in total. The molecule has 0 N–H and O–H groups in total. The zero-order valence-corrected chi connectivity index (χ0v) is 14.5. The summed E-state index contributed by atoms with van der Waals surface area (Å²) in [6.07, 6.45) is 2.80. The van der Waals surface area contributed by atoms with Crippen LogP contribution < -0.4 is 0 Å². The number of hydrogen-bond acceptors (Lipinski definition) is 5. The molecule has 0 amide bonds. The largest absolute Gasteiger partial charge is 0.213 e. The van der Waals surface area contributed by atoms with Gasteiger partial charge in [0.15, 0.2) is 17.3 Å². The fourth-order valence-electron chi connectivity index (χ4n) is 2.70. The lowest BCUT2D eigenvalue weighted by atomic mass is 10.1. The lowest BCUT2D eigenvalue weighted by Gasteiger charge is -2.06. The molecule has 1 atom stereocenters. The quantitative estimate of drug-likeness (QED) is 0.573. The van der Waals surface area contributed by atoms with E-state index in [2.05, 4.69) is 60.6 Å². The summed E-state index contributed by atoms with van der Waals surface area (Å²) < 4.78 is 3.53. The van der Waals surface area contributed by atoms with Crippen molar-refractivity contribution in [2.45, 2.75) is 33.1 Å². The van der Waals surface area contributed by atoms with Gasteiger partial charge in [-0.2, -0.15) is 9.61 Å². The van der Waals surface area contributed by atoms with E-state index in [4.69, 9.17) is 10.1 Å². The molecule has 0 saturated carbocycles. The highest BCUT2D eigenvalue weighted by atomic mass is 15.5. The van der Waals surface area contributed by atoms with Crippen LogP contribution in [0.15, 0.2) is 42.6 Å². The molecular weight excluding hydrogens is 314 g/mol. The number of hydrogen-bond donors (Lipinski definition) is 0. The lowest BCUT2D eigenvalue weighted by molar-refractivity contribution is 0.672. The molecule has 126 valence electrons. The molecule has 25 heavy (non-hydrogen) atoms. The van der Waals surface area contributed by atoms with Gasteiger partial charge in [-0.15, -0.1) is 5.10 Å². The van der Waals surface area contributed by atoms with Gasteiger partial charge in [-0.05, 0) is 48.0 Å². The maximum absolute atomic E-state index is 4.82. The van der Waals surface area contributed by atoms with Gasteiger partial charge in [0.05, 0.1) is 11.3 Å². The van der Waals surface area contributed by atoms with Crippen LogP contribution in [-0.4, -0.2) is 34.8 Å². The molecule has 0 spiro atoms. The molecule has 1 aromatic carbocycles. The number of pyridine rings is 1. The van der Waals surface area contributed by atoms with E-state index < -0.39 is 0 Å². The molecule has 0 fully saturated rings. The molecule has 4 aromatic rings. The van der Waals surface area contributed by atoms with Gasteiger partial charge < -0.3 is 0 Å². The highest BCUT2D eigenvalue weighted by Gasteiger charge is 2.19. The Morgan fingerprint density at radius 1 is 1.12 bits per heavy atom. The summed E-state index contributed by atoms with van der Waals surface area (Å²) in [5.41, 5.74) is 3.70. The van der Waals surface area contributed by atoms with E-state index in [1.165, 1.54) is 5.56 Å². The summed E-state index contributed by atoms with van der Waals surface area (Å²) in [6, 6.07) is 12.1. The zero-order valence-electron chi connectivity index (χ0n) is 14.5. The molecule has 3 heterocycles. The Morgan fingerprint density at radius 2 is 1.92 bits per heavy atom. The first kappa shape index (κ1) is 15.4. The van der Waals surface area contributed by atoms with Gasteiger partial charge in [-0.3, -0.25) is 0 Å². The molecule has 0 aliphatic heterocycles. The van der Waals surface area contributed by atoms with Crippen molar-refractivity contribution >= 4 is 5.65 Å². The number of fused-ring (bicyclic) bond motifs is 1. The topological polar surface area (TPSA) is 73.8 Å². The predicted octanol–water partition coefficient (Wildman–Crippen LogP) is 3.19. The van der Waals surface area contributed by atoms with Crippen LogP contribution in [0.1, 0.15) is 37.6 Å². The molecule has 0 bridgehead atoms. The molecule has 3 aromatic heterocycles. The Kier molecular flexibility index (Phi) is 3.76. The molecule has 1 unspecified atom stereocenters. The second kappa shape index (κ2) is 6.08. The first-order valence-electron chi connectivity index (χ1n) is 8.38. The third-order valence-corrected chi connectivity index (χ3v) is 4.42. The van der Waals surface area contributed by atoms with Crippen LogP contribution in [0.4, 0.5) is 0 Å². The molecule has 0 aliphatic rings. The fourth-order valence-corrected chi connectivity index (χ4v) is 2.70. The Bertz CT molecular complexity index is 1010. The van der Waals surface area contributed by atoms with Gasteiger partial charge in [0.25, 0.3) is 0 Å². The average Bonchev–Trinajstić information content (AvgIpc) is 3.28. The monoisotopic (exact) mass is 333 g/mol. The predicted molar refractivity (Wildman–Crippen MR) is 94.6 cm³/mol. The maximum atomic E-state index is 4.82. The summed E-state index contributed by atoms with van der Waals surface area (Å²) in [4.78, 5) is 4.82. The minimum Gasteiger partial charge on any atom is -0.213 e. The van der Waals surface area contributed by atoms with Crippen molar-refractivity contribution < 1.29 is 0 Å². The fraction of sp³-hybridized carbons (Fsp3) is 0.278. The van der Waals surface area contributed by atoms with Gasteiger partial charge in [0, 0.05) is 12.1 Å². The minimum atomic E-state index is 0.279. The van der Waals surface area contributed by atoms with Crippen molar-refractivity contribution in [1.29, 1.82) is 0 Å². The normalized spacial score (nSPS) is 12.6. The number of aryl methyl sites for hydroxylation is 1. The zero-order chi connectivity index (χ0) is 17.4. The van der Waals surface area contributed by atoms with Gasteiger partial charge in [-0.1, -0.05) is 31.5 Å². The highest BCUT2D eigenvalue weighted by molar-refractivity contribution is 5.73. The molecular formula is C18H19N7. The smallest absolute Gasteiger partial charge is 0.190 e. The van der Waals surface area contributed by atoms with Crippen LogP contribution in [0.2, 0.25) is 0 Å². The van der Waals surface area contributed by atoms with Crippen molar-refractivity contribution in [2.24, 2.45) is 0 Å². The number of tetrazole rings is 1. The number of nitrogens with zero attached hydrogens (tertiary/aromatic N) is 7. The minimum absolute atomic E-state index is 0.279. The maximum Gasteiger partial charge on any atom is 0.190 e. The number of benzene rings is 1. The van der Waals surface area contributed by atoms with Crippen LogP contribution in [-0.2, 0) is 0 Å². The Balaban J connectivity index is 1.95. The van der Waals surface area contributed by atoms with Crippen LogP contribution in [0.3, 0.4) is 0 Å². The van der Waals surface area contributed by atoms with Crippen molar-refractivity contribution in [3.05, 3.63) is 54.0 Å². The molecule has 0 aliphatic carbocycles. The highest BCUT2D eigenvalue weighted by Crippen LogP contribution is 2.27. The number of rotatable bonds is 4. The van der Waals surface area contributed by atoms with Crippen LogP contribution in [0.5, 0.6) is 0 Å². The second-order valence-corrected chi connectivity index (χ2v) is 6.22. The van der Waals surface area contributed by atoms with Gasteiger partial charge in [0.1, 0.15) is 0 Å². The Hall–Kier alpha value is -3.09. The standard InChI is InChI=1S/C18H19N7/c1-4-13(3)16-19-17(15-6-5-11-24-18(15)20-22-23-24)25(21-16)14-9-7-12(2)8-10-14/h5-11,13H,4H2,1-3H3. The Morgan fingerprint density at radius 3 is 2.68 bits per heavy atom. The van der Waals surface area contributed by atoms with Crippen LogP contribution in [0, 0.1) is 6.92 Å². The van der Waals surface area contributed by atoms with E-state index in [-0.39, 0.29) is 5.92 Å². The van der Waals surface area contributed by atoms with Crippen LogP contribution in [0.25, 0.3) is 22.7 Å². The summed E-state index contributed by atoms with van der Waals surface area (Å²) in [5.74, 6) is 1.85. The van der Waals surface area contributed by atoms with Gasteiger partial charge >= 0.3 is 0 Å². The lowest BCUT2D eigenvalue weighted by Crippen LogP contribution is -2.02. The van der Waals surface area contributed by atoms with Crippen molar-refractivity contribution in [3.63, 3.8) is 0 Å². The second-order valence-electron chi connectivity index (χ2n) is 6.22. The summed E-state index contributed by atoms with van der Waals surface area (Å²) >= 11 is 0. The van der Waals surface area contributed by atoms with E-state index in [9.17, 15) is 0 Å². The van der Waals surface area contributed by atoms with E-state index in [1.807, 2.05) is 23.0 Å². The first-order chi connectivity index (χ1) is 12.2. The molecule has 0 saturated heterocycles. The molecule has 7 heteroatoms. The van der Waals surface area contributed by atoms with Crippen molar-refractivity contribution in [1.82, 2.24) is 34.8 Å². The van der Waals surface area contributed by atoms with E-state index in [1.54, 1.807) is 4.52 Å². The molecule has 4 rings (SSSR count). The van der Waals surface area contributed by atoms with E-state index in [0.29, 0.717) is 5.65 Å². The van der Waals surface area contributed by atoms with Crippen molar-refractivity contribution in [3.8, 4) is 17.1 Å². The van der Waals surface area contributed by atoms with Crippen LogP contribution >= 0.6 is 0 Å². The third-order valence-electron chi connectivity index (χ3n) is 4.42. The SMILES string of the molecule is CCC(C)c1nc(-c2cccn3nnnc23)n(-c2ccc(C)cc2)n1. The summed E-state index contributed by atoms with van der Waals surface area (Å²) in [7, 11) is 0. The number of aromatic nitrogens is 7. The molecule has 0 radical (unpaired) electrons. The van der Waals surface area contributed by atoms with Gasteiger partial charge in [-0.25, -0.2) is 9.67 Å². The summed E-state index contributed by atoms with van der Waals surface area (Å²) in [6.45, 7) is 6.34. The van der Waals surface area contributed by atoms with Crippen molar-refractivity contribution in [2.75, 3.05) is 0 Å². The van der Waals surface area contributed by atoms with E-state index >= 15 is 0 Å². The average molecular weight is 333 g/mol. The van der Waals surface area contributed by atoms with E-state index in [0.717, 1.165) is 29.3 Å². The summed E-state index contributed by atoms with van der Waals surface area (Å²) in [5, 5.41) is 16.7. The van der Waals surface area contributed by atoms with Gasteiger partial charge in [0.2, 0.25) is 0 Å². The Labute approximate surface area is 145 Å².